The van der Waals surface area contributed by atoms with Crippen LogP contribution in [0.15, 0.2) is 11.8 Å². The van der Waals surface area contributed by atoms with Crippen molar-refractivity contribution in [3.05, 3.63) is 11.8 Å². The first-order valence-corrected chi connectivity index (χ1v) is 8.71. The van der Waals surface area contributed by atoms with E-state index in [2.05, 4.69) is 0 Å². The van der Waals surface area contributed by atoms with Crippen LogP contribution in [0.3, 0.4) is 0 Å². The van der Waals surface area contributed by atoms with E-state index in [9.17, 15) is 8.42 Å². The van der Waals surface area contributed by atoms with Gasteiger partial charge in [-0.25, -0.2) is 8.42 Å². The molecule has 2 aliphatic rings. The van der Waals surface area contributed by atoms with Gasteiger partial charge in [0.2, 0.25) is 0 Å². The van der Waals surface area contributed by atoms with Gasteiger partial charge in [0.25, 0.3) is 0 Å². The second-order valence-corrected chi connectivity index (χ2v) is 8.45. The van der Waals surface area contributed by atoms with Crippen molar-refractivity contribution in [2.24, 2.45) is 0 Å². The van der Waals surface area contributed by atoms with E-state index in [1.807, 2.05) is 13.2 Å². The van der Waals surface area contributed by atoms with E-state index in [4.69, 9.17) is 4.74 Å². The van der Waals surface area contributed by atoms with Gasteiger partial charge in [-0.2, -0.15) is 0 Å². The Bertz CT molecular complexity index is 403. The van der Waals surface area contributed by atoms with Crippen LogP contribution in [-0.4, -0.2) is 25.5 Å². The maximum Gasteiger partial charge on any atom is 0.155 e. The third-order valence-corrected chi connectivity index (χ3v) is 7.10. The highest BCUT2D eigenvalue weighted by atomic mass is 32.2. The van der Waals surface area contributed by atoms with E-state index in [0.29, 0.717) is 18.8 Å². The molecule has 1 unspecified atom stereocenters. The van der Waals surface area contributed by atoms with Gasteiger partial charge in [-0.05, 0) is 51.0 Å². The molecule has 1 aliphatic heterocycles. The zero-order valence-corrected chi connectivity index (χ0v) is 12.1. The van der Waals surface area contributed by atoms with Gasteiger partial charge in [0.15, 0.2) is 9.84 Å². The summed E-state index contributed by atoms with van der Waals surface area (Å²) in [6.07, 6.45) is 9.95. The highest BCUT2D eigenvalue weighted by Crippen LogP contribution is 2.33. The van der Waals surface area contributed by atoms with Crippen LogP contribution in [-0.2, 0) is 14.6 Å². The van der Waals surface area contributed by atoms with Crippen LogP contribution in [0.2, 0.25) is 0 Å². The summed E-state index contributed by atoms with van der Waals surface area (Å²) in [5, 5.41) is 0. The first-order valence-electron chi connectivity index (χ1n) is 7.05. The van der Waals surface area contributed by atoms with Crippen molar-refractivity contribution in [2.45, 2.75) is 63.0 Å². The van der Waals surface area contributed by atoms with Crippen molar-refractivity contribution in [2.75, 3.05) is 12.4 Å². The summed E-state index contributed by atoms with van der Waals surface area (Å²) in [5.41, 5.74) is 1.38. The van der Waals surface area contributed by atoms with Crippen molar-refractivity contribution in [3.63, 3.8) is 0 Å². The SMILES string of the molecule is CC1(CCOC=C2CCCC2)CCCCS1(=O)=O. The molecule has 0 spiro atoms. The lowest BCUT2D eigenvalue weighted by atomic mass is 9.99. The standard InChI is InChI=1S/C14H24O3S/c1-14(8-4-5-11-18(14,15)16)9-10-17-12-13-6-2-3-7-13/h12H,2-11H2,1H3. The summed E-state index contributed by atoms with van der Waals surface area (Å²) in [7, 11) is -2.92. The molecule has 1 heterocycles. The minimum Gasteiger partial charge on any atom is -0.501 e. The van der Waals surface area contributed by atoms with Gasteiger partial charge in [0, 0.05) is 6.42 Å². The summed E-state index contributed by atoms with van der Waals surface area (Å²) < 4.78 is 29.2. The van der Waals surface area contributed by atoms with Gasteiger partial charge < -0.3 is 4.74 Å². The third-order valence-electron chi connectivity index (χ3n) is 4.36. The summed E-state index contributed by atoms with van der Waals surface area (Å²) in [6.45, 7) is 2.41. The average molecular weight is 272 g/mol. The Labute approximate surface area is 111 Å². The second-order valence-electron chi connectivity index (χ2n) is 5.83. The van der Waals surface area contributed by atoms with Crippen LogP contribution < -0.4 is 0 Å². The molecule has 2 fully saturated rings. The van der Waals surface area contributed by atoms with Crippen LogP contribution in [0.1, 0.15) is 58.3 Å². The Hall–Kier alpha value is -0.510. The number of sulfone groups is 1. The van der Waals surface area contributed by atoms with E-state index >= 15 is 0 Å². The smallest absolute Gasteiger partial charge is 0.155 e. The predicted molar refractivity (Wildman–Crippen MR) is 73.2 cm³/mol. The fourth-order valence-corrected chi connectivity index (χ4v) is 4.80. The van der Waals surface area contributed by atoms with Gasteiger partial charge in [-0.1, -0.05) is 6.42 Å². The van der Waals surface area contributed by atoms with Crippen LogP contribution in [0, 0.1) is 0 Å². The molecule has 3 nitrogen and oxygen atoms in total. The van der Waals surface area contributed by atoms with E-state index in [1.165, 1.54) is 18.4 Å². The zero-order chi connectivity index (χ0) is 13.1. The summed E-state index contributed by atoms with van der Waals surface area (Å²) in [6, 6.07) is 0. The molecule has 4 heteroatoms. The molecular weight excluding hydrogens is 248 g/mol. The van der Waals surface area contributed by atoms with Crippen molar-refractivity contribution in [3.8, 4) is 0 Å². The fourth-order valence-electron chi connectivity index (χ4n) is 2.87. The number of hydrogen-bond donors (Lipinski definition) is 0. The quantitative estimate of drug-likeness (QED) is 0.583. The summed E-state index contributed by atoms with van der Waals surface area (Å²) in [4.78, 5) is 0. The van der Waals surface area contributed by atoms with Gasteiger partial charge >= 0.3 is 0 Å². The highest BCUT2D eigenvalue weighted by molar-refractivity contribution is 7.92. The Morgan fingerprint density at radius 3 is 2.61 bits per heavy atom. The van der Waals surface area contributed by atoms with Crippen LogP contribution in [0.25, 0.3) is 0 Å². The average Bonchev–Trinajstić information content (AvgIpc) is 2.82. The molecule has 0 aromatic carbocycles. The lowest BCUT2D eigenvalue weighted by molar-refractivity contribution is 0.222. The first kappa shape index (κ1) is 13.9. The van der Waals surface area contributed by atoms with Crippen LogP contribution in [0.4, 0.5) is 0 Å². The minimum atomic E-state index is -2.92. The maximum absolute atomic E-state index is 12.1. The van der Waals surface area contributed by atoms with Crippen molar-refractivity contribution < 1.29 is 13.2 Å². The Morgan fingerprint density at radius 2 is 1.94 bits per heavy atom. The molecule has 0 N–H and O–H groups in total. The Morgan fingerprint density at radius 1 is 1.22 bits per heavy atom. The summed E-state index contributed by atoms with van der Waals surface area (Å²) in [5.74, 6) is 0.352. The molecular formula is C14H24O3S. The number of hydrogen-bond acceptors (Lipinski definition) is 3. The molecule has 0 radical (unpaired) electrons. The molecule has 1 aliphatic carbocycles. The van der Waals surface area contributed by atoms with Gasteiger partial charge in [0.05, 0.1) is 23.4 Å². The molecule has 0 bridgehead atoms. The normalized spacial score (nSPS) is 31.3. The molecule has 1 saturated carbocycles. The molecule has 0 aromatic heterocycles. The molecule has 104 valence electrons. The monoisotopic (exact) mass is 272 g/mol. The van der Waals surface area contributed by atoms with E-state index in [0.717, 1.165) is 32.1 Å². The molecule has 0 amide bonds. The van der Waals surface area contributed by atoms with E-state index in [1.54, 1.807) is 0 Å². The van der Waals surface area contributed by atoms with Gasteiger partial charge in [0.1, 0.15) is 0 Å². The molecule has 0 aromatic rings. The molecule has 18 heavy (non-hydrogen) atoms. The van der Waals surface area contributed by atoms with Crippen molar-refractivity contribution >= 4 is 9.84 Å². The number of ether oxygens (including phenoxy) is 1. The third kappa shape index (κ3) is 3.08. The number of rotatable bonds is 4. The maximum atomic E-state index is 12.1. The number of allylic oxidation sites excluding steroid dienone is 1. The van der Waals surface area contributed by atoms with Crippen molar-refractivity contribution in [1.29, 1.82) is 0 Å². The lowest BCUT2D eigenvalue weighted by Gasteiger charge is -2.32. The fraction of sp³-hybridized carbons (Fsp3) is 0.857. The first-order chi connectivity index (χ1) is 8.54. The van der Waals surface area contributed by atoms with Gasteiger partial charge in [-0.3, -0.25) is 0 Å². The van der Waals surface area contributed by atoms with Crippen LogP contribution in [0.5, 0.6) is 0 Å². The lowest BCUT2D eigenvalue weighted by Crippen LogP contribution is -2.41. The van der Waals surface area contributed by atoms with Gasteiger partial charge in [-0.15, -0.1) is 0 Å². The van der Waals surface area contributed by atoms with E-state index in [-0.39, 0.29) is 0 Å². The molecule has 1 atom stereocenters. The molecule has 2 rings (SSSR count). The highest BCUT2D eigenvalue weighted by Gasteiger charge is 2.40. The Balaban J connectivity index is 1.83. The zero-order valence-electron chi connectivity index (χ0n) is 11.3. The minimum absolute atomic E-state index is 0.352. The van der Waals surface area contributed by atoms with E-state index < -0.39 is 14.6 Å². The second kappa shape index (κ2) is 5.64. The van der Waals surface area contributed by atoms with Crippen LogP contribution >= 0.6 is 0 Å². The molecule has 1 saturated heterocycles. The topological polar surface area (TPSA) is 43.4 Å². The van der Waals surface area contributed by atoms with Crippen molar-refractivity contribution in [1.82, 2.24) is 0 Å². The Kier molecular flexibility index (Phi) is 4.36. The largest absolute Gasteiger partial charge is 0.501 e. The predicted octanol–water partition coefficient (Wildman–Crippen LogP) is 3.21. The summed E-state index contributed by atoms with van der Waals surface area (Å²) >= 11 is 0.